The highest BCUT2D eigenvalue weighted by Gasteiger charge is 2.22. The molecule has 2 N–H and O–H groups in total. The molecule has 13 heavy (non-hydrogen) atoms. The van der Waals surface area contributed by atoms with Crippen LogP contribution in [0, 0.1) is 0 Å². The Morgan fingerprint density at radius 2 is 1.85 bits per heavy atom. The van der Waals surface area contributed by atoms with E-state index in [0.717, 1.165) is 0 Å². The van der Waals surface area contributed by atoms with Crippen molar-refractivity contribution in [3.05, 3.63) is 29.8 Å². The second-order valence-electron chi connectivity index (χ2n) is 4.11. The molecule has 0 aliphatic carbocycles. The van der Waals surface area contributed by atoms with Crippen LogP contribution in [0.3, 0.4) is 0 Å². The van der Waals surface area contributed by atoms with Crippen molar-refractivity contribution < 1.29 is 5.32 Å². The van der Waals surface area contributed by atoms with Gasteiger partial charge in [-0.3, -0.25) is 0 Å². The Kier molecular flexibility index (Phi) is 3.10. The van der Waals surface area contributed by atoms with Gasteiger partial charge in [-0.1, -0.05) is 39.0 Å². The predicted octanol–water partition coefficient (Wildman–Crippen LogP) is 2.20. The summed E-state index contributed by atoms with van der Waals surface area (Å²) in [6, 6.07) is 8.65. The molecule has 72 valence electrons. The molecule has 0 heterocycles. The molecule has 1 heteroatoms. The summed E-state index contributed by atoms with van der Waals surface area (Å²) in [5.41, 5.74) is 3.12. The van der Waals surface area contributed by atoms with Gasteiger partial charge in [-0.05, 0) is 17.9 Å². The monoisotopic (exact) mass is 178 g/mol. The minimum atomic E-state index is 0.295. The van der Waals surface area contributed by atoms with Crippen molar-refractivity contribution in [2.45, 2.75) is 32.6 Å². The molecule has 0 aromatic heterocycles. The number of para-hydroxylation sites is 1. The fraction of sp³-hybridized carbons (Fsp3) is 0.500. The smallest absolute Gasteiger partial charge is 0.133 e. The van der Waals surface area contributed by atoms with Crippen molar-refractivity contribution in [1.82, 2.24) is 0 Å². The SMILES string of the molecule is CCC(C)(C)c1ccccc1[NH2+]C. The van der Waals surface area contributed by atoms with Crippen molar-refractivity contribution in [2.75, 3.05) is 7.05 Å². The Balaban J connectivity index is 3.12. The van der Waals surface area contributed by atoms with E-state index >= 15 is 0 Å². The van der Waals surface area contributed by atoms with Gasteiger partial charge in [0.15, 0.2) is 0 Å². The van der Waals surface area contributed by atoms with Gasteiger partial charge in [0.25, 0.3) is 0 Å². The number of rotatable bonds is 3. The van der Waals surface area contributed by atoms with Crippen molar-refractivity contribution in [1.29, 1.82) is 0 Å². The van der Waals surface area contributed by atoms with Crippen molar-refractivity contribution in [2.24, 2.45) is 0 Å². The molecule has 0 aliphatic heterocycles. The Morgan fingerprint density at radius 1 is 1.23 bits per heavy atom. The molecule has 0 saturated carbocycles. The van der Waals surface area contributed by atoms with Crippen LogP contribution in [0.2, 0.25) is 0 Å². The number of hydrogen-bond acceptors (Lipinski definition) is 0. The van der Waals surface area contributed by atoms with Gasteiger partial charge in [0.2, 0.25) is 0 Å². The fourth-order valence-corrected chi connectivity index (χ4v) is 1.56. The van der Waals surface area contributed by atoms with E-state index in [1.807, 2.05) is 0 Å². The highest BCUT2D eigenvalue weighted by molar-refractivity contribution is 5.43. The first-order valence-corrected chi connectivity index (χ1v) is 5.00. The highest BCUT2D eigenvalue weighted by atomic mass is 14.8. The van der Waals surface area contributed by atoms with Gasteiger partial charge in [0, 0.05) is 5.56 Å². The Labute approximate surface area is 81.2 Å². The number of nitrogens with two attached hydrogens (primary N) is 1. The van der Waals surface area contributed by atoms with E-state index in [1.54, 1.807) is 0 Å². The summed E-state index contributed by atoms with van der Waals surface area (Å²) in [6.45, 7) is 6.84. The van der Waals surface area contributed by atoms with Gasteiger partial charge in [0.05, 0.1) is 7.05 Å². The van der Waals surface area contributed by atoms with E-state index < -0.39 is 0 Å². The topological polar surface area (TPSA) is 16.6 Å². The van der Waals surface area contributed by atoms with Crippen molar-refractivity contribution >= 4 is 5.69 Å². The van der Waals surface area contributed by atoms with Crippen LogP contribution in [0.15, 0.2) is 24.3 Å². The van der Waals surface area contributed by atoms with E-state index in [2.05, 4.69) is 57.4 Å². The molecule has 0 fully saturated rings. The van der Waals surface area contributed by atoms with Crippen LogP contribution in [0.1, 0.15) is 32.8 Å². The molecule has 0 aliphatic rings. The Hall–Kier alpha value is -0.820. The summed E-state index contributed by atoms with van der Waals surface area (Å²) in [6.07, 6.45) is 1.18. The molecule has 1 aromatic rings. The number of benzene rings is 1. The normalized spacial score (nSPS) is 11.7. The molecule has 0 atom stereocenters. The quantitative estimate of drug-likeness (QED) is 0.683. The average molecular weight is 178 g/mol. The summed E-state index contributed by atoms with van der Waals surface area (Å²) >= 11 is 0. The lowest BCUT2D eigenvalue weighted by Gasteiger charge is -2.23. The van der Waals surface area contributed by atoms with E-state index in [4.69, 9.17) is 0 Å². The maximum absolute atomic E-state index is 2.30. The van der Waals surface area contributed by atoms with Gasteiger partial charge in [-0.2, -0.15) is 0 Å². The molecule has 0 spiro atoms. The number of quaternary nitrogens is 1. The van der Waals surface area contributed by atoms with E-state index in [0.29, 0.717) is 5.41 Å². The predicted molar refractivity (Wildman–Crippen MR) is 57.3 cm³/mol. The summed E-state index contributed by atoms with van der Waals surface area (Å²) < 4.78 is 0. The molecule has 0 bridgehead atoms. The first kappa shape index (κ1) is 10.3. The van der Waals surface area contributed by atoms with Gasteiger partial charge in [0.1, 0.15) is 5.69 Å². The highest BCUT2D eigenvalue weighted by Crippen LogP contribution is 2.29. The van der Waals surface area contributed by atoms with Gasteiger partial charge >= 0.3 is 0 Å². The van der Waals surface area contributed by atoms with Crippen LogP contribution in [0.4, 0.5) is 5.69 Å². The maximum Gasteiger partial charge on any atom is 0.133 e. The standard InChI is InChI=1S/C12H19N/c1-5-12(2,3)10-8-6-7-9-11(10)13-4/h6-9,13H,5H2,1-4H3/p+1. The van der Waals surface area contributed by atoms with Crippen LogP contribution < -0.4 is 5.32 Å². The third kappa shape index (κ3) is 2.10. The molecule has 1 aromatic carbocycles. The van der Waals surface area contributed by atoms with E-state index in [1.165, 1.54) is 17.7 Å². The van der Waals surface area contributed by atoms with E-state index in [9.17, 15) is 0 Å². The Morgan fingerprint density at radius 3 is 2.38 bits per heavy atom. The van der Waals surface area contributed by atoms with Crippen LogP contribution in [-0.2, 0) is 5.41 Å². The van der Waals surface area contributed by atoms with E-state index in [-0.39, 0.29) is 0 Å². The zero-order valence-corrected chi connectivity index (χ0v) is 9.09. The maximum atomic E-state index is 2.30. The van der Waals surface area contributed by atoms with Gasteiger partial charge in [-0.15, -0.1) is 0 Å². The van der Waals surface area contributed by atoms with Gasteiger partial charge in [-0.25, -0.2) is 0 Å². The van der Waals surface area contributed by atoms with Crippen LogP contribution >= 0.6 is 0 Å². The minimum absolute atomic E-state index is 0.295. The first-order chi connectivity index (χ1) is 6.11. The molecule has 1 rings (SSSR count). The van der Waals surface area contributed by atoms with Crippen molar-refractivity contribution in [3.8, 4) is 0 Å². The van der Waals surface area contributed by atoms with Crippen LogP contribution in [-0.4, -0.2) is 7.05 Å². The summed E-state index contributed by atoms with van der Waals surface area (Å²) in [5.74, 6) is 0. The van der Waals surface area contributed by atoms with Crippen LogP contribution in [0.25, 0.3) is 0 Å². The Bertz CT molecular complexity index is 276. The zero-order valence-electron chi connectivity index (χ0n) is 9.09. The lowest BCUT2D eigenvalue weighted by Crippen LogP contribution is -2.73. The third-order valence-corrected chi connectivity index (χ3v) is 2.88. The minimum Gasteiger partial charge on any atom is -0.316 e. The third-order valence-electron chi connectivity index (χ3n) is 2.88. The largest absolute Gasteiger partial charge is 0.316 e. The molecule has 0 radical (unpaired) electrons. The lowest BCUT2D eigenvalue weighted by atomic mass is 9.81. The molecule has 0 amide bonds. The van der Waals surface area contributed by atoms with Crippen molar-refractivity contribution in [3.63, 3.8) is 0 Å². The lowest BCUT2D eigenvalue weighted by molar-refractivity contribution is -0.540. The van der Waals surface area contributed by atoms with Gasteiger partial charge < -0.3 is 5.32 Å². The summed E-state index contributed by atoms with van der Waals surface area (Å²) in [5, 5.41) is 2.19. The fourth-order valence-electron chi connectivity index (χ4n) is 1.56. The zero-order chi connectivity index (χ0) is 9.90. The van der Waals surface area contributed by atoms with Crippen LogP contribution in [0.5, 0.6) is 0 Å². The second kappa shape index (κ2) is 3.93. The molecule has 0 saturated heterocycles. The molecule has 1 nitrogen and oxygen atoms in total. The summed E-state index contributed by atoms with van der Waals surface area (Å²) in [4.78, 5) is 0. The molecular weight excluding hydrogens is 158 g/mol. The summed E-state index contributed by atoms with van der Waals surface area (Å²) in [7, 11) is 2.10. The first-order valence-electron chi connectivity index (χ1n) is 5.00. The number of hydrogen-bond donors (Lipinski definition) is 1. The second-order valence-corrected chi connectivity index (χ2v) is 4.11. The molecular formula is C12H20N+. The average Bonchev–Trinajstić information content (AvgIpc) is 2.18. The molecule has 0 unspecified atom stereocenters.